The van der Waals surface area contributed by atoms with Crippen molar-refractivity contribution < 1.29 is 19.4 Å². The lowest BCUT2D eigenvalue weighted by Gasteiger charge is -2.19. The molecule has 0 aromatic heterocycles. The standard InChI is InChI=1S/C22H26ClN3O4/c1-14(2)10-18(25-21(28)13-30-20-7-5-4-6-15(20)3)22(29)26-24-12-16-11-17(23)8-9-19(16)27/h4-9,11-12,14,18,27H,10,13H2,1-3H3,(H,25,28)(H,26,29)/b24-12-/t18-/m1/s1. The summed E-state index contributed by atoms with van der Waals surface area (Å²) in [6, 6.07) is 11.1. The molecule has 30 heavy (non-hydrogen) atoms. The maximum atomic E-state index is 12.5. The van der Waals surface area contributed by atoms with Crippen LogP contribution in [0.15, 0.2) is 47.6 Å². The number of aryl methyl sites for hydroxylation is 1. The van der Waals surface area contributed by atoms with Crippen LogP contribution in [0.25, 0.3) is 0 Å². The molecule has 0 bridgehead atoms. The highest BCUT2D eigenvalue weighted by Crippen LogP contribution is 2.19. The Bertz CT molecular complexity index is 915. The van der Waals surface area contributed by atoms with Gasteiger partial charge in [0.1, 0.15) is 17.5 Å². The van der Waals surface area contributed by atoms with Crippen LogP contribution < -0.4 is 15.5 Å². The second kappa shape index (κ2) is 11.2. The van der Waals surface area contributed by atoms with Crippen LogP contribution in [-0.4, -0.2) is 35.8 Å². The maximum absolute atomic E-state index is 12.5. The van der Waals surface area contributed by atoms with Crippen LogP contribution in [0, 0.1) is 12.8 Å². The van der Waals surface area contributed by atoms with E-state index in [0.29, 0.717) is 22.8 Å². The van der Waals surface area contributed by atoms with Crippen molar-refractivity contribution in [2.75, 3.05) is 6.61 Å². The summed E-state index contributed by atoms with van der Waals surface area (Å²) < 4.78 is 5.53. The second-order valence-corrected chi connectivity index (χ2v) is 7.68. The number of para-hydroxylation sites is 1. The molecule has 2 aromatic rings. The average Bonchev–Trinajstić information content (AvgIpc) is 2.69. The largest absolute Gasteiger partial charge is 0.507 e. The topological polar surface area (TPSA) is 100 Å². The first kappa shape index (κ1) is 23.2. The summed E-state index contributed by atoms with van der Waals surface area (Å²) in [6.07, 6.45) is 1.72. The molecule has 0 saturated heterocycles. The first-order valence-electron chi connectivity index (χ1n) is 9.55. The summed E-state index contributed by atoms with van der Waals surface area (Å²) in [4.78, 5) is 24.8. The number of benzene rings is 2. The van der Waals surface area contributed by atoms with Gasteiger partial charge in [-0.1, -0.05) is 43.6 Å². The summed E-state index contributed by atoms with van der Waals surface area (Å²) in [5.74, 6) is -0.109. The minimum absolute atomic E-state index is 0.0159. The van der Waals surface area contributed by atoms with Gasteiger partial charge in [-0.15, -0.1) is 0 Å². The monoisotopic (exact) mass is 431 g/mol. The van der Waals surface area contributed by atoms with E-state index in [9.17, 15) is 14.7 Å². The van der Waals surface area contributed by atoms with Crippen molar-refractivity contribution in [2.45, 2.75) is 33.2 Å². The van der Waals surface area contributed by atoms with E-state index in [2.05, 4.69) is 15.8 Å². The number of amides is 2. The number of hydrazone groups is 1. The summed E-state index contributed by atoms with van der Waals surface area (Å²) >= 11 is 5.89. The van der Waals surface area contributed by atoms with E-state index in [0.717, 1.165) is 5.56 Å². The van der Waals surface area contributed by atoms with Gasteiger partial charge in [0.15, 0.2) is 6.61 Å². The number of phenolic OH excluding ortho intramolecular Hbond substituents is 1. The lowest BCUT2D eigenvalue weighted by Crippen LogP contribution is -2.47. The Kier molecular flexibility index (Phi) is 8.68. The zero-order chi connectivity index (χ0) is 22.1. The highest BCUT2D eigenvalue weighted by Gasteiger charge is 2.22. The van der Waals surface area contributed by atoms with Gasteiger partial charge < -0.3 is 15.2 Å². The Balaban J connectivity index is 1.95. The van der Waals surface area contributed by atoms with Crippen LogP contribution in [-0.2, 0) is 9.59 Å². The Morgan fingerprint density at radius 2 is 1.97 bits per heavy atom. The molecule has 0 spiro atoms. The molecule has 1 atom stereocenters. The van der Waals surface area contributed by atoms with Crippen LogP contribution in [0.1, 0.15) is 31.4 Å². The number of ether oxygens (including phenoxy) is 1. The van der Waals surface area contributed by atoms with E-state index in [1.807, 2.05) is 39.0 Å². The van der Waals surface area contributed by atoms with Gasteiger partial charge in [-0.25, -0.2) is 5.43 Å². The molecule has 3 N–H and O–H groups in total. The SMILES string of the molecule is Cc1ccccc1OCC(=O)N[C@H](CC(C)C)C(=O)N/N=C\c1cc(Cl)ccc1O. The summed E-state index contributed by atoms with van der Waals surface area (Å²) in [5.41, 5.74) is 3.67. The molecule has 160 valence electrons. The second-order valence-electron chi connectivity index (χ2n) is 7.24. The van der Waals surface area contributed by atoms with Gasteiger partial charge in [-0.3, -0.25) is 9.59 Å². The fraction of sp³-hybridized carbons (Fsp3) is 0.318. The highest BCUT2D eigenvalue weighted by atomic mass is 35.5. The van der Waals surface area contributed by atoms with Crippen molar-refractivity contribution in [1.82, 2.24) is 10.7 Å². The van der Waals surface area contributed by atoms with Crippen molar-refractivity contribution in [3.8, 4) is 11.5 Å². The molecule has 2 amide bonds. The fourth-order valence-electron chi connectivity index (χ4n) is 2.67. The molecule has 0 aliphatic heterocycles. The van der Waals surface area contributed by atoms with Crippen molar-refractivity contribution >= 4 is 29.6 Å². The van der Waals surface area contributed by atoms with Crippen LogP contribution >= 0.6 is 11.6 Å². The first-order valence-corrected chi connectivity index (χ1v) is 9.93. The summed E-state index contributed by atoms with van der Waals surface area (Å²) in [5, 5.41) is 16.8. The Hall–Kier alpha value is -3.06. The Labute approximate surface area is 181 Å². The number of aromatic hydroxyl groups is 1. The number of nitrogens with one attached hydrogen (secondary N) is 2. The number of hydrogen-bond acceptors (Lipinski definition) is 5. The van der Waals surface area contributed by atoms with E-state index in [1.54, 1.807) is 12.1 Å². The summed E-state index contributed by atoms with van der Waals surface area (Å²) in [7, 11) is 0. The number of halogens is 1. The van der Waals surface area contributed by atoms with Crippen molar-refractivity contribution in [1.29, 1.82) is 0 Å². The molecule has 0 fully saturated rings. The third-order valence-corrected chi connectivity index (χ3v) is 4.41. The van der Waals surface area contributed by atoms with Crippen molar-refractivity contribution in [3.05, 3.63) is 58.6 Å². The van der Waals surface area contributed by atoms with Gasteiger partial charge in [0.25, 0.3) is 11.8 Å². The smallest absolute Gasteiger partial charge is 0.262 e. The van der Waals surface area contributed by atoms with Crippen LogP contribution in [0.3, 0.4) is 0 Å². The number of carbonyl (C=O) groups is 2. The van der Waals surface area contributed by atoms with Gasteiger partial charge >= 0.3 is 0 Å². The number of rotatable bonds is 9. The fourth-order valence-corrected chi connectivity index (χ4v) is 2.85. The number of carbonyl (C=O) groups excluding carboxylic acids is 2. The van der Waals surface area contributed by atoms with Gasteiger partial charge in [-0.05, 0) is 49.1 Å². The van der Waals surface area contributed by atoms with E-state index in [-0.39, 0.29) is 18.3 Å². The lowest BCUT2D eigenvalue weighted by molar-refractivity contribution is -0.130. The van der Waals surface area contributed by atoms with Crippen LogP contribution in [0.4, 0.5) is 0 Å². The molecule has 8 heteroatoms. The third-order valence-electron chi connectivity index (χ3n) is 4.18. The van der Waals surface area contributed by atoms with E-state index >= 15 is 0 Å². The predicted octanol–water partition coefficient (Wildman–Crippen LogP) is 3.41. The predicted molar refractivity (Wildman–Crippen MR) is 117 cm³/mol. The Morgan fingerprint density at radius 3 is 2.67 bits per heavy atom. The van der Waals surface area contributed by atoms with E-state index in [1.165, 1.54) is 18.3 Å². The highest BCUT2D eigenvalue weighted by molar-refractivity contribution is 6.30. The Morgan fingerprint density at radius 1 is 1.23 bits per heavy atom. The molecular weight excluding hydrogens is 406 g/mol. The molecule has 0 aliphatic rings. The van der Waals surface area contributed by atoms with Crippen LogP contribution in [0.2, 0.25) is 5.02 Å². The molecule has 0 heterocycles. The van der Waals surface area contributed by atoms with Gasteiger partial charge in [-0.2, -0.15) is 5.10 Å². The zero-order valence-corrected chi connectivity index (χ0v) is 17.9. The maximum Gasteiger partial charge on any atom is 0.262 e. The lowest BCUT2D eigenvalue weighted by atomic mass is 10.0. The van der Waals surface area contributed by atoms with Crippen LogP contribution in [0.5, 0.6) is 11.5 Å². The molecule has 0 radical (unpaired) electrons. The molecule has 0 saturated carbocycles. The average molecular weight is 432 g/mol. The van der Waals surface area contributed by atoms with Gasteiger partial charge in [0, 0.05) is 10.6 Å². The quantitative estimate of drug-likeness (QED) is 0.418. The number of hydrogen-bond donors (Lipinski definition) is 3. The minimum Gasteiger partial charge on any atom is -0.507 e. The molecular formula is C22H26ClN3O4. The first-order chi connectivity index (χ1) is 14.3. The number of phenols is 1. The minimum atomic E-state index is -0.775. The zero-order valence-electron chi connectivity index (χ0n) is 17.2. The third kappa shape index (κ3) is 7.40. The molecule has 0 aliphatic carbocycles. The summed E-state index contributed by atoms with van der Waals surface area (Å²) in [6.45, 7) is 5.58. The van der Waals surface area contributed by atoms with Crippen molar-refractivity contribution in [2.24, 2.45) is 11.0 Å². The van der Waals surface area contributed by atoms with Gasteiger partial charge in [0.2, 0.25) is 0 Å². The molecule has 2 aromatic carbocycles. The van der Waals surface area contributed by atoms with E-state index in [4.69, 9.17) is 16.3 Å². The normalized spacial score (nSPS) is 12.0. The van der Waals surface area contributed by atoms with Gasteiger partial charge in [0.05, 0.1) is 6.21 Å². The molecule has 2 rings (SSSR count). The van der Waals surface area contributed by atoms with Crippen molar-refractivity contribution in [3.63, 3.8) is 0 Å². The van der Waals surface area contributed by atoms with E-state index < -0.39 is 17.9 Å². The molecule has 7 nitrogen and oxygen atoms in total. The molecule has 0 unspecified atom stereocenters. The number of nitrogens with zero attached hydrogens (tertiary/aromatic N) is 1.